The zero-order valence-electron chi connectivity index (χ0n) is 27.2. The number of rotatable bonds is 6. The summed E-state index contributed by atoms with van der Waals surface area (Å²) in [6, 6.07) is 0. The molecule has 0 saturated heterocycles. The number of carbonyl (C=O) groups excluding carboxylic acids is 2. The minimum atomic E-state index is -0.477. The summed E-state index contributed by atoms with van der Waals surface area (Å²) in [6.07, 6.45) is 12.6. The van der Waals surface area contributed by atoms with Gasteiger partial charge in [0.15, 0.2) is 0 Å². The number of fused-ring (bicyclic) bond motifs is 8. The van der Waals surface area contributed by atoms with Crippen LogP contribution >= 0.6 is 0 Å². The smallest absolute Gasteiger partial charge is 0.312 e. The standard InChI is InChI=1S/C36H52N2O5/c1-22(2)24-10-13-36(31(41)42-19-18-39)15-14-34(6)25(29(24)36)8-9-28-32(4)20-26-30(38-17-16-37-26)33(5,21-43-23(3)40)27(32)11-12-35(28,34)7/h16-17,24-25,27-29,39H,1,8-15,18-21H2,2-7H3/t24-,25+,27+,28+,29+,32-,33-,34+,35+,36-/m0/s1. The third kappa shape index (κ3) is 4.15. The van der Waals surface area contributed by atoms with E-state index in [2.05, 4.69) is 41.2 Å². The van der Waals surface area contributed by atoms with Gasteiger partial charge in [-0.1, -0.05) is 39.8 Å². The second-order valence-corrected chi connectivity index (χ2v) is 15.9. The molecule has 4 fully saturated rings. The fraction of sp³-hybridized carbons (Fsp3) is 0.778. The van der Waals surface area contributed by atoms with E-state index in [0.29, 0.717) is 30.3 Å². The fourth-order valence-corrected chi connectivity index (χ4v) is 12.4. The molecule has 0 unspecified atom stereocenters. The molecule has 7 heteroatoms. The summed E-state index contributed by atoms with van der Waals surface area (Å²) in [5, 5.41) is 9.44. The summed E-state index contributed by atoms with van der Waals surface area (Å²) in [5.74, 6) is 1.42. The largest absolute Gasteiger partial charge is 0.465 e. The van der Waals surface area contributed by atoms with Crippen molar-refractivity contribution in [3.63, 3.8) is 0 Å². The lowest BCUT2D eigenvalue weighted by Gasteiger charge is -2.72. The van der Waals surface area contributed by atoms with E-state index >= 15 is 0 Å². The summed E-state index contributed by atoms with van der Waals surface area (Å²) < 4.78 is 11.5. The number of aliphatic hydroxyl groups is 1. The Kier molecular flexibility index (Phi) is 7.42. The van der Waals surface area contributed by atoms with E-state index in [1.54, 1.807) is 6.20 Å². The fourth-order valence-electron chi connectivity index (χ4n) is 12.4. The van der Waals surface area contributed by atoms with Crippen LogP contribution in [0, 0.1) is 51.2 Å². The van der Waals surface area contributed by atoms with Crippen LogP contribution in [0.2, 0.25) is 0 Å². The Labute approximate surface area is 257 Å². The van der Waals surface area contributed by atoms with Gasteiger partial charge in [-0.05, 0) is 111 Å². The Balaban J connectivity index is 1.40. The Morgan fingerprint density at radius 3 is 2.37 bits per heavy atom. The molecule has 5 aliphatic rings. The topological polar surface area (TPSA) is 98.6 Å². The second kappa shape index (κ2) is 10.4. The van der Waals surface area contributed by atoms with Gasteiger partial charge < -0.3 is 14.6 Å². The van der Waals surface area contributed by atoms with Crippen LogP contribution in [0.4, 0.5) is 0 Å². The summed E-state index contributed by atoms with van der Waals surface area (Å²) in [4.78, 5) is 35.6. The van der Waals surface area contributed by atoms with Crippen LogP contribution in [-0.2, 0) is 30.9 Å². The number of esters is 2. The molecule has 6 rings (SSSR count). The highest BCUT2D eigenvalue weighted by Gasteiger charge is 2.72. The minimum Gasteiger partial charge on any atom is -0.465 e. The molecule has 1 aromatic heterocycles. The molecule has 0 radical (unpaired) electrons. The Morgan fingerprint density at radius 1 is 0.930 bits per heavy atom. The van der Waals surface area contributed by atoms with Crippen molar-refractivity contribution in [3.05, 3.63) is 35.9 Å². The third-order valence-corrected chi connectivity index (χ3v) is 14.3. The van der Waals surface area contributed by atoms with E-state index in [1.165, 1.54) is 12.5 Å². The van der Waals surface area contributed by atoms with E-state index in [0.717, 1.165) is 69.2 Å². The van der Waals surface area contributed by atoms with Crippen LogP contribution in [0.1, 0.15) is 104 Å². The molecule has 5 aliphatic carbocycles. The maximum atomic E-state index is 13.8. The van der Waals surface area contributed by atoms with Crippen LogP contribution in [0.25, 0.3) is 0 Å². The van der Waals surface area contributed by atoms with Gasteiger partial charge >= 0.3 is 11.9 Å². The lowest BCUT2D eigenvalue weighted by Crippen LogP contribution is -2.67. The van der Waals surface area contributed by atoms with Crippen molar-refractivity contribution in [1.82, 2.24) is 9.97 Å². The molecule has 0 aromatic carbocycles. The van der Waals surface area contributed by atoms with Crippen molar-refractivity contribution in [2.75, 3.05) is 19.8 Å². The van der Waals surface area contributed by atoms with E-state index in [9.17, 15) is 14.7 Å². The molecule has 43 heavy (non-hydrogen) atoms. The molecule has 236 valence electrons. The van der Waals surface area contributed by atoms with Gasteiger partial charge in [-0.15, -0.1) is 0 Å². The molecule has 4 saturated carbocycles. The van der Waals surface area contributed by atoms with Crippen LogP contribution in [0.5, 0.6) is 0 Å². The molecule has 1 N–H and O–H groups in total. The molecule has 0 amide bonds. The lowest BCUT2D eigenvalue weighted by atomic mass is 9.32. The van der Waals surface area contributed by atoms with Gasteiger partial charge in [-0.3, -0.25) is 19.6 Å². The number of nitrogens with zero attached hydrogens (tertiary/aromatic N) is 2. The monoisotopic (exact) mass is 592 g/mol. The minimum absolute atomic E-state index is 0.0169. The Morgan fingerprint density at radius 2 is 1.67 bits per heavy atom. The average molecular weight is 593 g/mol. The SMILES string of the molecule is C=C(C)[C@@H]1CC[C@]2(C(=O)OCCO)CC[C@]3(C)[C@H](CC[C@@H]4[C@@]5(C)Cc6nccnc6[C@@](C)(COC(C)=O)[C@@H]5CC[C@]43C)[C@@H]12. The second-order valence-electron chi connectivity index (χ2n) is 15.9. The maximum Gasteiger partial charge on any atom is 0.312 e. The van der Waals surface area contributed by atoms with Gasteiger partial charge in [-0.25, -0.2) is 0 Å². The number of aliphatic hydroxyl groups excluding tert-OH is 1. The van der Waals surface area contributed by atoms with Gasteiger partial charge in [-0.2, -0.15) is 0 Å². The number of carbonyl (C=O) groups is 2. The first-order valence-electron chi connectivity index (χ1n) is 16.7. The molecule has 0 spiro atoms. The highest BCUT2D eigenvalue weighted by Crippen LogP contribution is 2.77. The van der Waals surface area contributed by atoms with Gasteiger partial charge in [0, 0.05) is 24.7 Å². The number of ether oxygens (including phenoxy) is 2. The average Bonchev–Trinajstić information content (AvgIpc) is 3.36. The number of allylic oxidation sites excluding steroid dienone is 1. The summed E-state index contributed by atoms with van der Waals surface area (Å²) in [6.45, 7) is 18.2. The highest BCUT2D eigenvalue weighted by atomic mass is 16.5. The van der Waals surface area contributed by atoms with Crippen molar-refractivity contribution in [2.45, 2.75) is 105 Å². The van der Waals surface area contributed by atoms with Crippen molar-refractivity contribution in [2.24, 2.45) is 51.2 Å². The van der Waals surface area contributed by atoms with Crippen LogP contribution in [0.15, 0.2) is 24.5 Å². The predicted molar refractivity (Wildman–Crippen MR) is 164 cm³/mol. The zero-order chi connectivity index (χ0) is 31.0. The van der Waals surface area contributed by atoms with Gasteiger partial charge in [0.05, 0.1) is 23.4 Å². The highest BCUT2D eigenvalue weighted by molar-refractivity contribution is 5.78. The van der Waals surface area contributed by atoms with Gasteiger partial charge in [0.2, 0.25) is 0 Å². The van der Waals surface area contributed by atoms with Gasteiger partial charge in [0.1, 0.15) is 13.2 Å². The number of hydrogen-bond acceptors (Lipinski definition) is 7. The van der Waals surface area contributed by atoms with Crippen molar-refractivity contribution < 1.29 is 24.2 Å². The lowest BCUT2D eigenvalue weighted by molar-refractivity contribution is -0.231. The van der Waals surface area contributed by atoms with E-state index < -0.39 is 10.8 Å². The van der Waals surface area contributed by atoms with Crippen molar-refractivity contribution >= 4 is 11.9 Å². The summed E-state index contributed by atoms with van der Waals surface area (Å²) in [7, 11) is 0. The van der Waals surface area contributed by atoms with Gasteiger partial charge in [0.25, 0.3) is 0 Å². The van der Waals surface area contributed by atoms with Crippen LogP contribution in [0.3, 0.4) is 0 Å². The van der Waals surface area contributed by atoms with Crippen molar-refractivity contribution in [1.29, 1.82) is 0 Å². The molecule has 1 aromatic rings. The molecule has 0 aliphatic heterocycles. The summed E-state index contributed by atoms with van der Waals surface area (Å²) >= 11 is 0. The normalized spacial score (nSPS) is 44.6. The molecular formula is C36H52N2O5. The molecule has 0 bridgehead atoms. The third-order valence-electron chi connectivity index (χ3n) is 14.3. The van der Waals surface area contributed by atoms with E-state index in [-0.39, 0.29) is 47.3 Å². The number of hydrogen-bond donors (Lipinski definition) is 1. The number of aromatic nitrogens is 2. The van der Waals surface area contributed by atoms with Crippen LogP contribution < -0.4 is 0 Å². The van der Waals surface area contributed by atoms with Crippen molar-refractivity contribution in [3.8, 4) is 0 Å². The molecule has 10 atom stereocenters. The summed E-state index contributed by atoms with van der Waals surface area (Å²) in [5.41, 5.74) is 2.52. The quantitative estimate of drug-likeness (QED) is 0.309. The van der Waals surface area contributed by atoms with Crippen LogP contribution in [-0.4, -0.2) is 46.8 Å². The molecular weight excluding hydrogens is 540 g/mol. The maximum absolute atomic E-state index is 13.8. The van der Waals surface area contributed by atoms with E-state index in [4.69, 9.17) is 19.4 Å². The molecule has 1 heterocycles. The predicted octanol–water partition coefficient (Wildman–Crippen LogP) is 6.23. The first-order chi connectivity index (χ1) is 20.3. The molecule has 7 nitrogen and oxygen atoms in total. The first-order valence-corrected chi connectivity index (χ1v) is 16.7. The first kappa shape index (κ1) is 30.7. The van der Waals surface area contributed by atoms with E-state index in [1.807, 2.05) is 6.20 Å². The Hall–Kier alpha value is -2.28. The zero-order valence-corrected chi connectivity index (χ0v) is 27.2. The Bertz CT molecular complexity index is 1310.